The summed E-state index contributed by atoms with van der Waals surface area (Å²) in [6.45, 7) is 7.33. The van der Waals surface area contributed by atoms with Gasteiger partial charge >= 0.3 is 5.97 Å². The molecule has 0 aliphatic heterocycles. The first-order chi connectivity index (χ1) is 7.24. The fraction of sp³-hybridized carbons (Fsp3) is 0.909. The molecule has 0 saturated carbocycles. The number of unbranched alkanes of at least 4 members (excludes halogenated alkanes) is 1. The molecule has 0 unspecified atom stereocenters. The average Bonchev–Trinajstić information content (AvgIpc) is 2.23. The molecule has 0 N–H and O–H groups in total. The number of hydrogen-bond donors (Lipinski definition) is 0. The fourth-order valence-electron chi connectivity index (χ4n) is 1.32. The minimum atomic E-state index is -0.133. The molecule has 0 aromatic carbocycles. The summed E-state index contributed by atoms with van der Waals surface area (Å²) >= 11 is 0. The quantitative estimate of drug-likeness (QED) is 0.431. The summed E-state index contributed by atoms with van der Waals surface area (Å²) in [5.74, 6) is -0.133. The topological polar surface area (TPSA) is 38.8 Å². The summed E-state index contributed by atoms with van der Waals surface area (Å²) in [5.41, 5.74) is 0. The summed E-state index contributed by atoms with van der Waals surface area (Å²) in [4.78, 5) is 13.3. The zero-order chi connectivity index (χ0) is 11.5. The van der Waals surface area contributed by atoms with Gasteiger partial charge in [0.25, 0.3) is 0 Å². The number of likely N-dealkylation sites (N-methyl/N-ethyl adjacent to an activating group) is 1. The molecule has 15 heavy (non-hydrogen) atoms. The van der Waals surface area contributed by atoms with E-state index in [1.165, 1.54) is 0 Å². The molecule has 0 bridgehead atoms. The number of ether oxygens (including phenoxy) is 2. The van der Waals surface area contributed by atoms with Crippen molar-refractivity contribution < 1.29 is 14.3 Å². The number of carbonyl (C=O) groups is 1. The third-order valence-corrected chi connectivity index (χ3v) is 2.18. The third-order valence-electron chi connectivity index (χ3n) is 2.18. The van der Waals surface area contributed by atoms with Gasteiger partial charge in [-0.05, 0) is 32.9 Å². The van der Waals surface area contributed by atoms with Gasteiger partial charge in [0.05, 0.1) is 13.2 Å². The normalized spacial score (nSPS) is 10.7. The fourth-order valence-corrected chi connectivity index (χ4v) is 1.32. The monoisotopic (exact) mass is 217 g/mol. The molecule has 4 heteroatoms. The molecule has 0 rings (SSSR count). The van der Waals surface area contributed by atoms with Gasteiger partial charge in [0, 0.05) is 13.7 Å². The molecule has 0 aromatic rings. The lowest BCUT2D eigenvalue weighted by Gasteiger charge is -2.18. The van der Waals surface area contributed by atoms with Gasteiger partial charge in [0.1, 0.15) is 0 Å². The molecule has 0 atom stereocenters. The molecule has 0 radical (unpaired) electrons. The highest BCUT2D eigenvalue weighted by Gasteiger charge is 2.08. The Morgan fingerprint density at radius 2 is 2.00 bits per heavy atom. The van der Waals surface area contributed by atoms with E-state index in [9.17, 15) is 4.79 Å². The van der Waals surface area contributed by atoms with E-state index in [1.807, 2.05) is 6.92 Å². The van der Waals surface area contributed by atoms with Crippen LogP contribution in [0.2, 0.25) is 0 Å². The average molecular weight is 217 g/mol. The van der Waals surface area contributed by atoms with Crippen molar-refractivity contribution in [1.82, 2.24) is 4.90 Å². The summed E-state index contributed by atoms with van der Waals surface area (Å²) in [6, 6.07) is 0. The molecule has 4 nitrogen and oxygen atoms in total. The zero-order valence-electron chi connectivity index (χ0n) is 10.1. The molecule has 90 valence electrons. The minimum Gasteiger partial charge on any atom is -0.465 e. The first-order valence-corrected chi connectivity index (χ1v) is 5.61. The van der Waals surface area contributed by atoms with Crippen LogP contribution in [-0.2, 0) is 14.3 Å². The van der Waals surface area contributed by atoms with E-state index in [0.29, 0.717) is 13.2 Å². The first kappa shape index (κ1) is 14.4. The second kappa shape index (κ2) is 9.93. The molecule has 0 spiro atoms. The second-order valence-electron chi connectivity index (χ2n) is 3.37. The number of methoxy groups -OCH3 is 1. The van der Waals surface area contributed by atoms with Crippen LogP contribution in [0.1, 0.15) is 26.7 Å². The van der Waals surface area contributed by atoms with Gasteiger partial charge in [-0.1, -0.05) is 6.92 Å². The summed E-state index contributed by atoms with van der Waals surface area (Å²) < 4.78 is 9.86. The van der Waals surface area contributed by atoms with E-state index < -0.39 is 0 Å². The van der Waals surface area contributed by atoms with Crippen LogP contribution in [0.3, 0.4) is 0 Å². The molecular weight excluding hydrogens is 194 g/mol. The van der Waals surface area contributed by atoms with Crippen LogP contribution in [0.25, 0.3) is 0 Å². The largest absolute Gasteiger partial charge is 0.465 e. The highest BCUT2D eigenvalue weighted by molar-refractivity contribution is 5.71. The molecule has 0 amide bonds. The Kier molecular flexibility index (Phi) is 9.52. The number of carbonyl (C=O) groups excluding carboxylic acids is 1. The number of esters is 1. The van der Waals surface area contributed by atoms with Gasteiger partial charge in [-0.15, -0.1) is 0 Å². The Morgan fingerprint density at radius 1 is 1.27 bits per heavy atom. The second-order valence-corrected chi connectivity index (χ2v) is 3.37. The molecule has 0 aromatic heterocycles. The Balaban J connectivity index is 3.58. The van der Waals surface area contributed by atoms with Crippen LogP contribution in [0.4, 0.5) is 0 Å². The minimum absolute atomic E-state index is 0.133. The molecule has 0 saturated heterocycles. The van der Waals surface area contributed by atoms with Gasteiger partial charge in [-0.25, -0.2) is 0 Å². The molecule has 0 heterocycles. The molecule has 0 fully saturated rings. The Labute approximate surface area is 92.5 Å². The maximum Gasteiger partial charge on any atom is 0.320 e. The highest BCUT2D eigenvalue weighted by atomic mass is 16.5. The standard InChI is InChI=1S/C11H23NO3/c1-4-12(8-6-7-9-14-3)10-11(13)15-5-2/h4-10H2,1-3H3. The molecule has 0 aliphatic carbocycles. The van der Waals surface area contributed by atoms with Crippen LogP contribution in [0, 0.1) is 0 Å². The predicted molar refractivity (Wildman–Crippen MR) is 59.9 cm³/mol. The van der Waals surface area contributed by atoms with Crippen LogP contribution >= 0.6 is 0 Å². The Morgan fingerprint density at radius 3 is 2.53 bits per heavy atom. The molecular formula is C11H23NO3. The number of rotatable bonds is 9. The Bertz CT molecular complexity index is 162. The lowest BCUT2D eigenvalue weighted by molar-refractivity contribution is -0.144. The smallest absolute Gasteiger partial charge is 0.320 e. The van der Waals surface area contributed by atoms with Crippen molar-refractivity contribution in [3.8, 4) is 0 Å². The van der Waals surface area contributed by atoms with Gasteiger partial charge in [0.2, 0.25) is 0 Å². The Hall–Kier alpha value is -0.610. The van der Waals surface area contributed by atoms with Crippen molar-refractivity contribution in [2.75, 3.05) is 40.0 Å². The summed E-state index contributed by atoms with van der Waals surface area (Å²) in [6.07, 6.45) is 2.09. The first-order valence-electron chi connectivity index (χ1n) is 5.61. The van der Waals surface area contributed by atoms with Crippen LogP contribution in [0.15, 0.2) is 0 Å². The maximum atomic E-state index is 11.2. The van der Waals surface area contributed by atoms with E-state index in [4.69, 9.17) is 9.47 Å². The number of nitrogens with zero attached hydrogens (tertiary/aromatic N) is 1. The predicted octanol–water partition coefficient (Wildman–Crippen LogP) is 1.30. The highest BCUT2D eigenvalue weighted by Crippen LogP contribution is 1.96. The van der Waals surface area contributed by atoms with Gasteiger partial charge < -0.3 is 9.47 Å². The van der Waals surface area contributed by atoms with Crippen molar-refractivity contribution in [3.05, 3.63) is 0 Å². The van der Waals surface area contributed by atoms with Gasteiger partial charge in [-0.3, -0.25) is 9.69 Å². The summed E-state index contributed by atoms with van der Waals surface area (Å²) in [7, 11) is 1.70. The SMILES string of the molecule is CCOC(=O)CN(CC)CCCCOC. The van der Waals surface area contributed by atoms with Crippen LogP contribution < -0.4 is 0 Å². The van der Waals surface area contributed by atoms with Crippen molar-refractivity contribution in [1.29, 1.82) is 0 Å². The maximum absolute atomic E-state index is 11.2. The third kappa shape index (κ3) is 8.39. The lowest BCUT2D eigenvalue weighted by atomic mass is 10.3. The molecule has 0 aliphatic rings. The van der Waals surface area contributed by atoms with E-state index >= 15 is 0 Å². The van der Waals surface area contributed by atoms with Crippen LogP contribution in [-0.4, -0.2) is 50.8 Å². The van der Waals surface area contributed by atoms with E-state index in [1.54, 1.807) is 7.11 Å². The van der Waals surface area contributed by atoms with Crippen molar-refractivity contribution >= 4 is 5.97 Å². The number of hydrogen-bond acceptors (Lipinski definition) is 4. The van der Waals surface area contributed by atoms with Crippen LogP contribution in [0.5, 0.6) is 0 Å². The van der Waals surface area contributed by atoms with Crippen molar-refractivity contribution in [3.63, 3.8) is 0 Å². The van der Waals surface area contributed by atoms with E-state index in [2.05, 4.69) is 11.8 Å². The van der Waals surface area contributed by atoms with Crippen molar-refractivity contribution in [2.45, 2.75) is 26.7 Å². The zero-order valence-corrected chi connectivity index (χ0v) is 10.1. The van der Waals surface area contributed by atoms with Gasteiger partial charge in [-0.2, -0.15) is 0 Å². The van der Waals surface area contributed by atoms with Crippen molar-refractivity contribution in [2.24, 2.45) is 0 Å². The van der Waals surface area contributed by atoms with E-state index in [-0.39, 0.29) is 5.97 Å². The van der Waals surface area contributed by atoms with Gasteiger partial charge in [0.15, 0.2) is 0 Å². The lowest BCUT2D eigenvalue weighted by Crippen LogP contribution is -2.31. The van der Waals surface area contributed by atoms with E-state index in [0.717, 1.165) is 32.5 Å². The summed E-state index contributed by atoms with van der Waals surface area (Å²) in [5, 5.41) is 0.